The quantitative estimate of drug-likeness (QED) is 0.195. The number of hydrogen-bond donors (Lipinski definition) is 2. The highest BCUT2D eigenvalue weighted by Gasteiger charge is 2.40. The van der Waals surface area contributed by atoms with Crippen molar-refractivity contribution in [1.82, 2.24) is 5.06 Å². The third kappa shape index (κ3) is 8.15. The number of aliphatic hydroxyl groups is 1. The summed E-state index contributed by atoms with van der Waals surface area (Å²) in [5.41, 5.74) is 4.20. The molecule has 42 heavy (non-hydrogen) atoms. The van der Waals surface area contributed by atoms with E-state index in [2.05, 4.69) is 24.3 Å². The molecular formula is C34H37NO7. The van der Waals surface area contributed by atoms with Gasteiger partial charge in [0, 0.05) is 25.0 Å². The van der Waals surface area contributed by atoms with Crippen molar-refractivity contribution < 1.29 is 34.1 Å². The summed E-state index contributed by atoms with van der Waals surface area (Å²) < 4.78 is 17.9. The molecule has 0 saturated carbocycles. The Balaban J connectivity index is 1.21. The molecule has 220 valence electrons. The van der Waals surface area contributed by atoms with Crippen LogP contribution in [0.15, 0.2) is 97.1 Å². The zero-order valence-corrected chi connectivity index (χ0v) is 23.5. The monoisotopic (exact) mass is 571 g/mol. The molecule has 0 aliphatic carbocycles. The number of carboxylic acid groups (broad SMARTS) is 1. The van der Waals surface area contributed by atoms with Gasteiger partial charge < -0.3 is 29.3 Å². The van der Waals surface area contributed by atoms with Gasteiger partial charge in [0.15, 0.2) is 0 Å². The number of fused-ring (bicyclic) bond motifs is 1. The fourth-order valence-corrected chi connectivity index (χ4v) is 5.51. The molecule has 1 saturated heterocycles. The van der Waals surface area contributed by atoms with E-state index in [0.29, 0.717) is 33.0 Å². The topological polar surface area (TPSA) is 97.7 Å². The molecule has 1 aliphatic heterocycles. The predicted molar refractivity (Wildman–Crippen MR) is 159 cm³/mol. The summed E-state index contributed by atoms with van der Waals surface area (Å²) in [7, 11) is 0. The van der Waals surface area contributed by atoms with Crippen molar-refractivity contribution in [2.75, 3.05) is 32.9 Å². The minimum atomic E-state index is -1.38. The number of aliphatic hydroxyl groups excluding tert-OH is 1. The van der Waals surface area contributed by atoms with E-state index in [9.17, 15) is 15.0 Å². The number of piperidine rings is 1. The highest BCUT2D eigenvalue weighted by molar-refractivity contribution is 5.82. The van der Waals surface area contributed by atoms with Crippen LogP contribution in [0.5, 0.6) is 0 Å². The van der Waals surface area contributed by atoms with Crippen LogP contribution in [-0.4, -0.2) is 60.4 Å². The lowest BCUT2D eigenvalue weighted by Gasteiger charge is -2.41. The van der Waals surface area contributed by atoms with Crippen LogP contribution in [0.3, 0.4) is 0 Å². The molecule has 0 bridgehead atoms. The van der Waals surface area contributed by atoms with E-state index >= 15 is 0 Å². The maximum absolute atomic E-state index is 11.3. The molecule has 4 aromatic carbocycles. The molecule has 8 nitrogen and oxygen atoms in total. The van der Waals surface area contributed by atoms with Gasteiger partial charge in [-0.2, -0.15) is 0 Å². The summed E-state index contributed by atoms with van der Waals surface area (Å²) in [4.78, 5) is 16.3. The van der Waals surface area contributed by atoms with Crippen LogP contribution in [0.4, 0.5) is 4.79 Å². The van der Waals surface area contributed by atoms with Crippen LogP contribution >= 0.6 is 0 Å². The lowest BCUT2D eigenvalue weighted by molar-refractivity contribution is -0.183. The Labute approximate surface area is 246 Å². The lowest BCUT2D eigenvalue weighted by Crippen LogP contribution is -2.50. The van der Waals surface area contributed by atoms with Crippen LogP contribution < -0.4 is 0 Å². The van der Waals surface area contributed by atoms with Gasteiger partial charge in [0.25, 0.3) is 0 Å². The van der Waals surface area contributed by atoms with Crippen molar-refractivity contribution >= 4 is 16.9 Å². The van der Waals surface area contributed by atoms with Gasteiger partial charge in [0.05, 0.1) is 45.7 Å². The number of hydrogen-bond acceptors (Lipinski definition) is 7. The zero-order chi connectivity index (χ0) is 29.1. The van der Waals surface area contributed by atoms with Crippen LogP contribution in [0.1, 0.15) is 28.2 Å². The van der Waals surface area contributed by atoms with Gasteiger partial charge in [-0.15, -0.1) is 5.06 Å². The number of nitrogens with zero attached hydrogens (tertiary/aromatic N) is 1. The first-order valence-electron chi connectivity index (χ1n) is 14.2. The Kier molecular flexibility index (Phi) is 10.5. The summed E-state index contributed by atoms with van der Waals surface area (Å²) in [6, 6.07) is 32.5. The van der Waals surface area contributed by atoms with E-state index in [1.54, 1.807) is 0 Å². The molecule has 3 unspecified atom stereocenters. The first-order valence-corrected chi connectivity index (χ1v) is 14.2. The maximum atomic E-state index is 11.3. The average Bonchev–Trinajstić information content (AvgIpc) is 3.02. The molecule has 1 fully saturated rings. The average molecular weight is 572 g/mol. The van der Waals surface area contributed by atoms with Crippen molar-refractivity contribution in [2.45, 2.75) is 31.8 Å². The maximum Gasteiger partial charge on any atom is 0.525 e. The standard InChI is InChI=1S/C34H37NO7/c36-21-31-19-35(42-34(37)38)20-32(41-24-27-12-13-28-8-4-5-9-30(28)18-27)33(31)29-14-10-26(11-15-29)23-40-17-16-39-22-25-6-2-1-3-7-25/h1-15,18,31-33,36H,16-17,19-24H2,(H,37,38). The first-order chi connectivity index (χ1) is 20.6. The second-order valence-electron chi connectivity index (χ2n) is 10.5. The fourth-order valence-electron chi connectivity index (χ4n) is 5.51. The Hall–Kier alpha value is -3.79. The van der Waals surface area contributed by atoms with Gasteiger partial charge in [-0.3, -0.25) is 0 Å². The van der Waals surface area contributed by atoms with E-state index in [-0.39, 0.29) is 31.5 Å². The second-order valence-corrected chi connectivity index (χ2v) is 10.5. The van der Waals surface area contributed by atoms with E-state index in [4.69, 9.17) is 19.0 Å². The molecule has 3 atom stereocenters. The summed E-state index contributed by atoms with van der Waals surface area (Å²) in [6.45, 7) is 2.78. The number of rotatable bonds is 13. The van der Waals surface area contributed by atoms with E-state index in [1.165, 1.54) is 5.06 Å². The van der Waals surface area contributed by atoms with Crippen LogP contribution in [0.25, 0.3) is 10.8 Å². The first kappa shape index (κ1) is 29.7. The summed E-state index contributed by atoms with van der Waals surface area (Å²) in [6.07, 6.45) is -1.78. The van der Waals surface area contributed by atoms with E-state index in [1.807, 2.05) is 72.8 Å². The van der Waals surface area contributed by atoms with Crippen molar-refractivity contribution in [3.05, 3.63) is 119 Å². The molecular weight excluding hydrogens is 534 g/mol. The molecule has 0 aromatic heterocycles. The SMILES string of the molecule is O=C(O)ON1CC(CO)C(c2ccc(COCCOCc3ccccc3)cc2)C(OCc2ccc3ccccc3c2)C1. The minimum absolute atomic E-state index is 0.131. The largest absolute Gasteiger partial charge is 0.525 e. The van der Waals surface area contributed by atoms with Gasteiger partial charge >= 0.3 is 6.16 Å². The lowest BCUT2D eigenvalue weighted by atomic mass is 9.79. The Morgan fingerprint density at radius 1 is 0.738 bits per heavy atom. The molecule has 0 spiro atoms. The van der Waals surface area contributed by atoms with Gasteiger partial charge in [0.1, 0.15) is 0 Å². The predicted octanol–water partition coefficient (Wildman–Crippen LogP) is 5.78. The van der Waals surface area contributed by atoms with Crippen molar-refractivity contribution in [2.24, 2.45) is 5.92 Å². The van der Waals surface area contributed by atoms with Gasteiger partial charge in [-0.25, -0.2) is 4.79 Å². The Morgan fingerprint density at radius 3 is 2.07 bits per heavy atom. The number of carbonyl (C=O) groups is 1. The molecule has 4 aromatic rings. The fraction of sp³-hybridized carbons (Fsp3) is 0.324. The number of benzene rings is 4. The van der Waals surface area contributed by atoms with Crippen LogP contribution in [0.2, 0.25) is 0 Å². The molecule has 2 N–H and O–H groups in total. The molecule has 8 heteroatoms. The molecule has 0 amide bonds. The number of hydroxylamine groups is 2. The third-order valence-electron chi connectivity index (χ3n) is 7.57. The summed E-state index contributed by atoms with van der Waals surface area (Å²) in [5.74, 6) is -0.422. The zero-order valence-electron chi connectivity index (χ0n) is 23.5. The molecule has 0 radical (unpaired) electrons. The third-order valence-corrected chi connectivity index (χ3v) is 7.57. The minimum Gasteiger partial charge on any atom is -0.448 e. The molecule has 5 rings (SSSR count). The normalized spacial score (nSPS) is 19.1. The highest BCUT2D eigenvalue weighted by atomic mass is 16.8. The number of ether oxygens (including phenoxy) is 3. The van der Waals surface area contributed by atoms with Crippen LogP contribution in [0, 0.1) is 5.92 Å². The summed E-state index contributed by atoms with van der Waals surface area (Å²) in [5, 5.41) is 23.2. The molecule has 1 aliphatic rings. The second kappa shape index (κ2) is 14.9. The van der Waals surface area contributed by atoms with Gasteiger partial charge in [-0.05, 0) is 39.1 Å². The van der Waals surface area contributed by atoms with Crippen molar-refractivity contribution in [3.63, 3.8) is 0 Å². The molecule has 1 heterocycles. The van der Waals surface area contributed by atoms with Gasteiger partial charge in [-0.1, -0.05) is 91.0 Å². The van der Waals surface area contributed by atoms with E-state index in [0.717, 1.165) is 33.0 Å². The van der Waals surface area contributed by atoms with Crippen molar-refractivity contribution in [1.29, 1.82) is 0 Å². The summed E-state index contributed by atoms with van der Waals surface area (Å²) >= 11 is 0. The van der Waals surface area contributed by atoms with E-state index < -0.39 is 12.3 Å². The Morgan fingerprint density at radius 2 is 1.38 bits per heavy atom. The van der Waals surface area contributed by atoms with Crippen LogP contribution in [-0.2, 0) is 38.9 Å². The highest BCUT2D eigenvalue weighted by Crippen LogP contribution is 2.36. The van der Waals surface area contributed by atoms with Crippen molar-refractivity contribution in [3.8, 4) is 0 Å². The Bertz CT molecular complexity index is 1410. The van der Waals surface area contributed by atoms with Gasteiger partial charge in [0.2, 0.25) is 0 Å². The smallest absolute Gasteiger partial charge is 0.448 e.